The Labute approximate surface area is 159 Å². The average molecular weight is 374 g/mol. The number of unbranched alkanes of at least 4 members (excludes halogenated alkanes) is 5. The average Bonchev–Trinajstić information content (AvgIpc) is 3.11. The van der Waals surface area contributed by atoms with Crippen molar-refractivity contribution in [3.05, 3.63) is 42.0 Å². The van der Waals surface area contributed by atoms with Crippen LogP contribution in [0.1, 0.15) is 51.0 Å². The van der Waals surface area contributed by atoms with E-state index in [1.807, 2.05) is 18.2 Å². The minimum absolute atomic E-state index is 0.182. The predicted molar refractivity (Wildman–Crippen MR) is 102 cm³/mol. The summed E-state index contributed by atoms with van der Waals surface area (Å²) in [6.45, 7) is 2.13. The van der Waals surface area contributed by atoms with Gasteiger partial charge in [0.25, 0.3) is 0 Å². The summed E-state index contributed by atoms with van der Waals surface area (Å²) in [5.74, 6) is 0.911. The molecule has 6 nitrogen and oxygen atoms in total. The number of hydrogen-bond donors (Lipinski definition) is 0. The summed E-state index contributed by atoms with van der Waals surface area (Å²) in [5.41, 5.74) is 1.11. The van der Waals surface area contributed by atoms with Crippen molar-refractivity contribution >= 4 is 18.2 Å². The highest BCUT2D eigenvalue weighted by molar-refractivity contribution is 5.89. The maximum absolute atomic E-state index is 11.3. The zero-order valence-corrected chi connectivity index (χ0v) is 15.6. The molecule has 0 aromatic heterocycles. The van der Waals surface area contributed by atoms with Crippen LogP contribution >= 0.6 is 0 Å². The summed E-state index contributed by atoms with van der Waals surface area (Å²) in [4.78, 5) is 22.2. The molecule has 0 saturated heterocycles. The Balaban J connectivity index is 1.49. The first kappa shape index (κ1) is 20.6. The Morgan fingerprint density at radius 1 is 1.04 bits per heavy atom. The van der Waals surface area contributed by atoms with Gasteiger partial charge in [-0.05, 0) is 50.3 Å². The van der Waals surface area contributed by atoms with E-state index in [1.165, 1.54) is 6.08 Å². The van der Waals surface area contributed by atoms with Crippen molar-refractivity contribution in [1.29, 1.82) is 0 Å². The minimum atomic E-state index is -0.957. The van der Waals surface area contributed by atoms with E-state index in [2.05, 4.69) is 21.6 Å². The zero-order chi connectivity index (χ0) is 19.3. The first-order chi connectivity index (χ1) is 13.2. The van der Waals surface area contributed by atoms with Gasteiger partial charge in [-0.1, -0.05) is 37.1 Å². The van der Waals surface area contributed by atoms with Crippen molar-refractivity contribution in [1.82, 2.24) is 0 Å². The molecule has 0 atom stereocenters. The number of ether oxygens (including phenoxy) is 4. The Morgan fingerprint density at radius 2 is 1.78 bits per heavy atom. The van der Waals surface area contributed by atoms with Gasteiger partial charge in [0.1, 0.15) is 0 Å². The van der Waals surface area contributed by atoms with Gasteiger partial charge in [0, 0.05) is 6.08 Å². The predicted octanol–water partition coefficient (Wildman–Crippen LogP) is 5.03. The van der Waals surface area contributed by atoms with E-state index >= 15 is 0 Å². The number of rotatable bonds is 10. The molecule has 6 heteroatoms. The second kappa shape index (κ2) is 11.8. The molecule has 0 unspecified atom stereocenters. The van der Waals surface area contributed by atoms with Crippen LogP contribution in [-0.2, 0) is 14.3 Å². The van der Waals surface area contributed by atoms with Crippen LogP contribution in [0.3, 0.4) is 0 Å². The van der Waals surface area contributed by atoms with E-state index in [0.29, 0.717) is 6.79 Å². The molecule has 0 aliphatic carbocycles. The maximum atomic E-state index is 11.3. The van der Waals surface area contributed by atoms with E-state index in [-0.39, 0.29) is 6.61 Å². The molecule has 1 aliphatic rings. The summed E-state index contributed by atoms with van der Waals surface area (Å²) in [6.07, 6.45) is 12.4. The van der Waals surface area contributed by atoms with Crippen LogP contribution in [0.25, 0.3) is 6.08 Å². The number of carbonyl (C=O) groups excluding carboxylic acids is 2. The highest BCUT2D eigenvalue weighted by Gasteiger charge is 2.12. The Kier molecular flexibility index (Phi) is 8.96. The molecule has 1 aromatic carbocycles. The summed E-state index contributed by atoms with van der Waals surface area (Å²) in [6, 6.07) is 5.93. The molecular formula is C21H26O6. The van der Waals surface area contributed by atoms with Crippen LogP contribution < -0.4 is 9.47 Å². The van der Waals surface area contributed by atoms with E-state index in [0.717, 1.165) is 55.6 Å². The fourth-order valence-electron chi connectivity index (χ4n) is 2.56. The fourth-order valence-corrected chi connectivity index (χ4v) is 2.56. The molecule has 0 fully saturated rings. The topological polar surface area (TPSA) is 71.1 Å². The molecule has 1 aromatic rings. The molecule has 2 rings (SSSR count). The Morgan fingerprint density at radius 3 is 2.56 bits per heavy atom. The van der Waals surface area contributed by atoms with Gasteiger partial charge < -0.3 is 18.9 Å². The molecule has 0 N–H and O–H groups in total. The molecule has 1 heterocycles. The standard InChI is InChI=1S/C21H26O6/c1-2-24-21(23)27-20(22)12-10-8-6-4-3-5-7-9-11-17-13-14-18-19(15-17)26-16-25-18/h9-15H,2-8,16H2,1H3/b11-9+,12-10+. The quantitative estimate of drug-likeness (QED) is 0.248. The lowest BCUT2D eigenvalue weighted by Gasteiger charge is -1.99. The van der Waals surface area contributed by atoms with Crippen LogP contribution in [0.15, 0.2) is 36.4 Å². The van der Waals surface area contributed by atoms with Gasteiger partial charge in [-0.15, -0.1) is 0 Å². The van der Waals surface area contributed by atoms with Crippen molar-refractivity contribution < 1.29 is 28.5 Å². The number of fused-ring (bicyclic) bond motifs is 1. The van der Waals surface area contributed by atoms with E-state index < -0.39 is 12.1 Å². The first-order valence-electron chi connectivity index (χ1n) is 9.30. The smallest absolute Gasteiger partial charge is 0.454 e. The Bertz CT molecular complexity index is 677. The molecule has 0 spiro atoms. The number of carbonyl (C=O) groups is 2. The highest BCUT2D eigenvalue weighted by Crippen LogP contribution is 2.32. The lowest BCUT2D eigenvalue weighted by atomic mass is 10.1. The lowest BCUT2D eigenvalue weighted by Crippen LogP contribution is -2.11. The first-order valence-corrected chi connectivity index (χ1v) is 9.30. The molecule has 146 valence electrons. The minimum Gasteiger partial charge on any atom is -0.454 e. The third kappa shape index (κ3) is 7.98. The molecular weight excluding hydrogens is 348 g/mol. The number of hydrogen-bond acceptors (Lipinski definition) is 6. The van der Waals surface area contributed by atoms with Crippen LogP contribution in [0, 0.1) is 0 Å². The molecule has 0 saturated carbocycles. The number of allylic oxidation sites excluding steroid dienone is 2. The van der Waals surface area contributed by atoms with Crippen molar-refractivity contribution in [3.63, 3.8) is 0 Å². The summed E-state index contributed by atoms with van der Waals surface area (Å²) >= 11 is 0. The number of esters is 1. The van der Waals surface area contributed by atoms with Crippen LogP contribution in [0.5, 0.6) is 11.5 Å². The highest BCUT2D eigenvalue weighted by atomic mass is 16.7. The van der Waals surface area contributed by atoms with Crippen molar-refractivity contribution in [2.75, 3.05) is 13.4 Å². The molecule has 27 heavy (non-hydrogen) atoms. The summed E-state index contributed by atoms with van der Waals surface area (Å²) < 4.78 is 19.6. The van der Waals surface area contributed by atoms with Gasteiger partial charge in [-0.2, -0.15) is 0 Å². The summed E-state index contributed by atoms with van der Waals surface area (Å²) in [5, 5.41) is 0. The number of benzene rings is 1. The zero-order valence-electron chi connectivity index (χ0n) is 15.6. The third-order valence-corrected chi connectivity index (χ3v) is 3.90. The van der Waals surface area contributed by atoms with Crippen LogP contribution in [0.4, 0.5) is 4.79 Å². The maximum Gasteiger partial charge on any atom is 0.516 e. The van der Waals surface area contributed by atoms with Gasteiger partial charge in [0.2, 0.25) is 6.79 Å². The normalized spacial score (nSPS) is 12.6. The van der Waals surface area contributed by atoms with Crippen molar-refractivity contribution in [2.24, 2.45) is 0 Å². The van der Waals surface area contributed by atoms with E-state index in [9.17, 15) is 9.59 Å². The lowest BCUT2D eigenvalue weighted by molar-refractivity contribution is -0.134. The van der Waals surface area contributed by atoms with E-state index in [4.69, 9.17) is 9.47 Å². The second-order valence-electron chi connectivity index (χ2n) is 6.01. The summed E-state index contributed by atoms with van der Waals surface area (Å²) in [7, 11) is 0. The van der Waals surface area contributed by atoms with Gasteiger partial charge >= 0.3 is 12.1 Å². The van der Waals surface area contributed by atoms with E-state index in [1.54, 1.807) is 13.0 Å². The van der Waals surface area contributed by atoms with Gasteiger partial charge in [-0.3, -0.25) is 0 Å². The monoisotopic (exact) mass is 374 g/mol. The van der Waals surface area contributed by atoms with Crippen molar-refractivity contribution in [2.45, 2.75) is 45.4 Å². The molecule has 0 bridgehead atoms. The molecule has 0 amide bonds. The van der Waals surface area contributed by atoms with Gasteiger partial charge in [0.05, 0.1) is 6.61 Å². The largest absolute Gasteiger partial charge is 0.516 e. The van der Waals surface area contributed by atoms with Crippen LogP contribution in [0.2, 0.25) is 0 Å². The van der Waals surface area contributed by atoms with Gasteiger partial charge in [0.15, 0.2) is 11.5 Å². The SMILES string of the molecule is CCOC(=O)OC(=O)/C=C/CCCCCC/C=C/c1ccc2c(c1)OCO2. The van der Waals surface area contributed by atoms with Gasteiger partial charge in [-0.25, -0.2) is 9.59 Å². The molecule has 1 aliphatic heterocycles. The van der Waals surface area contributed by atoms with Crippen molar-refractivity contribution in [3.8, 4) is 11.5 Å². The van der Waals surface area contributed by atoms with Crippen LogP contribution in [-0.4, -0.2) is 25.5 Å². The Hall–Kier alpha value is -2.76. The third-order valence-electron chi connectivity index (χ3n) is 3.90. The molecule has 0 radical (unpaired) electrons. The fraction of sp³-hybridized carbons (Fsp3) is 0.429. The second-order valence-corrected chi connectivity index (χ2v) is 6.01.